The van der Waals surface area contributed by atoms with Crippen LogP contribution in [-0.2, 0) is 14.8 Å². The van der Waals surface area contributed by atoms with Crippen LogP contribution < -0.4 is 4.72 Å². The van der Waals surface area contributed by atoms with E-state index in [1.807, 2.05) is 6.92 Å². The van der Waals surface area contributed by atoms with Crippen LogP contribution in [0.15, 0.2) is 29.2 Å². The number of carbonyl (C=O) groups is 1. The molecule has 0 spiro atoms. The smallest absolute Gasteiger partial charge is 0.303 e. The van der Waals surface area contributed by atoms with Crippen molar-refractivity contribution in [2.24, 2.45) is 5.92 Å². The fraction of sp³-hybridized carbons (Fsp3) is 0.417. The van der Waals surface area contributed by atoms with Gasteiger partial charge in [-0.1, -0.05) is 37.1 Å². The van der Waals surface area contributed by atoms with E-state index in [1.165, 1.54) is 12.1 Å². The van der Waals surface area contributed by atoms with Crippen LogP contribution in [0.25, 0.3) is 0 Å². The predicted molar refractivity (Wildman–Crippen MR) is 72.7 cm³/mol. The summed E-state index contributed by atoms with van der Waals surface area (Å²) in [5.74, 6) is -1.18. The highest BCUT2D eigenvalue weighted by atomic mass is 35.5. The molecule has 0 aliphatic rings. The highest BCUT2D eigenvalue weighted by molar-refractivity contribution is 7.89. The average Bonchev–Trinajstić information content (AvgIpc) is 2.34. The first-order valence-corrected chi connectivity index (χ1v) is 7.69. The number of carboxylic acid groups (broad SMARTS) is 1. The van der Waals surface area contributed by atoms with Crippen molar-refractivity contribution < 1.29 is 18.3 Å². The summed E-state index contributed by atoms with van der Waals surface area (Å²) >= 11 is 5.83. The standard InChI is InChI=1S/C12H16ClNO4S/c1-2-9(7-12(15)16)8-14-19(17,18)11-6-4-3-5-10(11)13/h3-6,9,14H,2,7-8H2,1H3,(H,15,16). The summed E-state index contributed by atoms with van der Waals surface area (Å²) in [5, 5.41) is 8.85. The van der Waals surface area contributed by atoms with Gasteiger partial charge in [-0.2, -0.15) is 0 Å². The zero-order valence-corrected chi connectivity index (χ0v) is 12.0. The normalized spacial score (nSPS) is 13.2. The largest absolute Gasteiger partial charge is 0.481 e. The Morgan fingerprint density at radius 2 is 2.05 bits per heavy atom. The molecule has 0 saturated heterocycles. The van der Waals surface area contributed by atoms with E-state index in [0.717, 1.165) is 0 Å². The SMILES string of the molecule is CCC(CNS(=O)(=O)c1ccccc1Cl)CC(=O)O. The molecule has 1 rings (SSSR count). The number of benzene rings is 1. The highest BCUT2D eigenvalue weighted by Crippen LogP contribution is 2.20. The zero-order chi connectivity index (χ0) is 14.5. The quantitative estimate of drug-likeness (QED) is 0.808. The molecule has 19 heavy (non-hydrogen) atoms. The van der Waals surface area contributed by atoms with Gasteiger partial charge in [-0.15, -0.1) is 0 Å². The van der Waals surface area contributed by atoms with E-state index < -0.39 is 16.0 Å². The van der Waals surface area contributed by atoms with Gasteiger partial charge in [0.25, 0.3) is 0 Å². The summed E-state index contributed by atoms with van der Waals surface area (Å²) in [6.45, 7) is 1.90. The summed E-state index contributed by atoms with van der Waals surface area (Å²) in [6.07, 6.45) is 0.513. The molecule has 1 unspecified atom stereocenters. The second-order valence-corrected chi connectivity index (χ2v) is 6.30. The van der Waals surface area contributed by atoms with Crippen molar-refractivity contribution >= 4 is 27.6 Å². The Kier molecular flexibility index (Phi) is 5.78. The van der Waals surface area contributed by atoms with E-state index in [0.29, 0.717) is 6.42 Å². The molecule has 0 amide bonds. The summed E-state index contributed by atoms with van der Waals surface area (Å²) in [7, 11) is -3.71. The number of halogens is 1. The van der Waals surface area contributed by atoms with Crippen LogP contribution in [0.2, 0.25) is 5.02 Å². The summed E-state index contributed by atoms with van der Waals surface area (Å²) < 4.78 is 26.4. The van der Waals surface area contributed by atoms with Crippen molar-refractivity contribution in [3.63, 3.8) is 0 Å². The monoisotopic (exact) mass is 305 g/mol. The lowest BCUT2D eigenvalue weighted by Gasteiger charge is -2.14. The van der Waals surface area contributed by atoms with E-state index in [1.54, 1.807) is 12.1 Å². The molecular formula is C12H16ClNO4S. The van der Waals surface area contributed by atoms with Crippen molar-refractivity contribution in [3.8, 4) is 0 Å². The van der Waals surface area contributed by atoms with E-state index in [2.05, 4.69) is 4.72 Å². The highest BCUT2D eigenvalue weighted by Gasteiger charge is 2.19. The Hall–Kier alpha value is -1.11. The number of carboxylic acids is 1. The van der Waals surface area contributed by atoms with Gasteiger partial charge in [0.05, 0.1) is 5.02 Å². The van der Waals surface area contributed by atoms with Crippen LogP contribution in [0.1, 0.15) is 19.8 Å². The first-order valence-electron chi connectivity index (χ1n) is 5.82. The van der Waals surface area contributed by atoms with E-state index in [4.69, 9.17) is 16.7 Å². The third-order valence-corrected chi connectivity index (χ3v) is 4.65. The molecule has 0 aliphatic heterocycles. The maximum atomic E-state index is 12.0. The second kappa shape index (κ2) is 6.88. The Bertz CT molecular complexity index is 544. The van der Waals surface area contributed by atoms with Crippen LogP contribution in [0, 0.1) is 5.92 Å². The molecule has 0 radical (unpaired) electrons. The lowest BCUT2D eigenvalue weighted by molar-refractivity contribution is -0.138. The molecule has 1 aromatic rings. The minimum Gasteiger partial charge on any atom is -0.481 e. The first kappa shape index (κ1) is 15.9. The zero-order valence-electron chi connectivity index (χ0n) is 10.5. The topological polar surface area (TPSA) is 83.5 Å². The number of hydrogen-bond acceptors (Lipinski definition) is 3. The minimum absolute atomic E-state index is 0.00171. The molecular weight excluding hydrogens is 290 g/mol. The van der Waals surface area contributed by atoms with Gasteiger partial charge in [-0.05, 0) is 18.1 Å². The molecule has 1 atom stereocenters. The van der Waals surface area contributed by atoms with Gasteiger partial charge in [-0.3, -0.25) is 4.79 Å². The number of rotatable bonds is 7. The molecule has 0 fully saturated rings. The molecule has 2 N–H and O–H groups in total. The van der Waals surface area contributed by atoms with Crippen LogP contribution in [-0.4, -0.2) is 26.0 Å². The van der Waals surface area contributed by atoms with Crippen molar-refractivity contribution in [3.05, 3.63) is 29.3 Å². The van der Waals surface area contributed by atoms with Crippen LogP contribution in [0.5, 0.6) is 0 Å². The summed E-state index contributed by atoms with van der Waals surface area (Å²) in [5.41, 5.74) is 0. The van der Waals surface area contributed by atoms with Crippen LogP contribution in [0.4, 0.5) is 0 Å². The van der Waals surface area contributed by atoms with Crippen LogP contribution >= 0.6 is 11.6 Å². The van der Waals surface area contributed by atoms with Gasteiger partial charge in [0.2, 0.25) is 10.0 Å². The van der Waals surface area contributed by atoms with Gasteiger partial charge in [0.15, 0.2) is 0 Å². The molecule has 0 heterocycles. The van der Waals surface area contributed by atoms with Crippen LogP contribution in [0.3, 0.4) is 0 Å². The third kappa shape index (κ3) is 4.81. The van der Waals surface area contributed by atoms with Gasteiger partial charge in [-0.25, -0.2) is 13.1 Å². The van der Waals surface area contributed by atoms with Crippen molar-refractivity contribution in [1.82, 2.24) is 4.72 Å². The van der Waals surface area contributed by atoms with Crippen molar-refractivity contribution in [1.29, 1.82) is 0 Å². The van der Waals surface area contributed by atoms with Crippen molar-refractivity contribution in [2.75, 3.05) is 6.54 Å². The number of sulfonamides is 1. The van der Waals surface area contributed by atoms with E-state index in [9.17, 15) is 13.2 Å². The maximum absolute atomic E-state index is 12.0. The van der Waals surface area contributed by atoms with E-state index in [-0.39, 0.29) is 28.8 Å². The number of hydrogen-bond donors (Lipinski definition) is 2. The lowest BCUT2D eigenvalue weighted by atomic mass is 10.0. The summed E-state index contributed by atoms with van der Waals surface area (Å²) in [6, 6.07) is 6.11. The lowest BCUT2D eigenvalue weighted by Crippen LogP contribution is -2.30. The minimum atomic E-state index is -3.71. The fourth-order valence-electron chi connectivity index (χ4n) is 1.58. The van der Waals surface area contributed by atoms with Gasteiger partial charge >= 0.3 is 5.97 Å². The molecule has 0 saturated carbocycles. The molecule has 5 nitrogen and oxygen atoms in total. The Morgan fingerprint density at radius 1 is 1.42 bits per heavy atom. The second-order valence-electron chi connectivity index (χ2n) is 4.15. The van der Waals surface area contributed by atoms with Crippen molar-refractivity contribution in [2.45, 2.75) is 24.7 Å². The molecule has 0 bridgehead atoms. The Balaban J connectivity index is 2.76. The Morgan fingerprint density at radius 3 is 2.58 bits per heavy atom. The fourth-order valence-corrected chi connectivity index (χ4v) is 3.21. The molecule has 0 aliphatic carbocycles. The van der Waals surface area contributed by atoms with E-state index >= 15 is 0 Å². The van der Waals surface area contributed by atoms with Gasteiger partial charge in [0.1, 0.15) is 4.90 Å². The van der Waals surface area contributed by atoms with Gasteiger partial charge in [0, 0.05) is 13.0 Å². The molecule has 1 aromatic carbocycles. The Labute approximate surface area is 117 Å². The maximum Gasteiger partial charge on any atom is 0.303 e. The number of nitrogens with one attached hydrogen (secondary N) is 1. The van der Waals surface area contributed by atoms with Gasteiger partial charge < -0.3 is 5.11 Å². The molecule has 106 valence electrons. The summed E-state index contributed by atoms with van der Waals surface area (Å²) in [4.78, 5) is 10.6. The third-order valence-electron chi connectivity index (χ3n) is 2.73. The molecule has 7 heteroatoms. The number of aliphatic carboxylic acids is 1. The predicted octanol–water partition coefficient (Wildman–Crippen LogP) is 2.12. The first-order chi connectivity index (χ1) is 8.86. The average molecular weight is 306 g/mol. The molecule has 0 aromatic heterocycles.